The molecule has 0 unspecified atom stereocenters. The van der Waals surface area contributed by atoms with Gasteiger partial charge in [0.25, 0.3) is 0 Å². The molecule has 0 heterocycles. The van der Waals surface area contributed by atoms with Gasteiger partial charge in [0.1, 0.15) is 0 Å². The molecule has 4 aromatic carbocycles. The number of benzene rings is 4. The molecule has 0 spiro atoms. The molecule has 0 aliphatic heterocycles. The van der Waals surface area contributed by atoms with Crippen LogP contribution < -0.4 is 4.90 Å². The third-order valence-corrected chi connectivity index (χ3v) is 5.25. The fourth-order valence-corrected chi connectivity index (χ4v) is 3.89. The van der Waals surface area contributed by atoms with E-state index in [0.717, 1.165) is 17.8 Å². The fourth-order valence-electron chi connectivity index (χ4n) is 3.89. The Hall–Kier alpha value is -3.58. The molecule has 0 aromatic heterocycles. The zero-order chi connectivity index (χ0) is 20.8. The van der Waals surface area contributed by atoms with Crippen LogP contribution in [0.15, 0.2) is 115 Å². The Morgan fingerprint density at radius 1 is 0.733 bits per heavy atom. The molecular formula is C29H27N. The lowest BCUT2D eigenvalue weighted by atomic mass is 10.0. The summed E-state index contributed by atoms with van der Waals surface area (Å²) in [6.07, 6.45) is 7.57. The van der Waals surface area contributed by atoms with E-state index in [0.29, 0.717) is 0 Å². The highest BCUT2D eigenvalue weighted by atomic mass is 15.1. The van der Waals surface area contributed by atoms with Crippen molar-refractivity contribution in [2.45, 2.75) is 20.3 Å². The summed E-state index contributed by atoms with van der Waals surface area (Å²) in [7, 11) is 0. The Morgan fingerprint density at radius 2 is 1.40 bits per heavy atom. The lowest BCUT2D eigenvalue weighted by molar-refractivity contribution is 1.23. The fraction of sp³-hybridized carbons (Fsp3) is 0.103. The SMILES string of the molecule is CC=CC(=CCC)c1ccc(N(c2ccccc2)c2cccc3ccccc23)cc1. The highest BCUT2D eigenvalue weighted by molar-refractivity contribution is 5.98. The number of hydrogen-bond donors (Lipinski definition) is 0. The Morgan fingerprint density at radius 3 is 2.13 bits per heavy atom. The van der Waals surface area contributed by atoms with Gasteiger partial charge in [0, 0.05) is 16.8 Å². The van der Waals surface area contributed by atoms with E-state index < -0.39 is 0 Å². The van der Waals surface area contributed by atoms with Crippen molar-refractivity contribution in [2.75, 3.05) is 4.90 Å². The summed E-state index contributed by atoms with van der Waals surface area (Å²) in [6, 6.07) is 34.5. The predicted octanol–water partition coefficient (Wildman–Crippen LogP) is 8.68. The van der Waals surface area contributed by atoms with Crippen LogP contribution in [0.1, 0.15) is 25.8 Å². The van der Waals surface area contributed by atoms with Crippen molar-refractivity contribution in [2.24, 2.45) is 0 Å². The van der Waals surface area contributed by atoms with Crippen LogP contribution in [-0.2, 0) is 0 Å². The summed E-state index contributed by atoms with van der Waals surface area (Å²) < 4.78 is 0. The molecule has 0 N–H and O–H groups in total. The summed E-state index contributed by atoms with van der Waals surface area (Å²) in [5, 5.41) is 2.49. The molecule has 0 saturated carbocycles. The van der Waals surface area contributed by atoms with E-state index in [1.54, 1.807) is 0 Å². The van der Waals surface area contributed by atoms with Crippen LogP contribution >= 0.6 is 0 Å². The number of nitrogens with zero attached hydrogens (tertiary/aromatic N) is 1. The van der Waals surface area contributed by atoms with Crippen molar-refractivity contribution >= 4 is 33.4 Å². The van der Waals surface area contributed by atoms with Crippen LogP contribution in [0.4, 0.5) is 17.1 Å². The molecule has 0 fully saturated rings. The standard InChI is InChI=1S/C29H27N/c1-3-11-23(12-4-2)24-19-21-27(22-20-24)30(26-15-6-5-7-16-26)29-18-10-14-25-13-8-9-17-28(25)29/h3,5-22H,4H2,1-2H3. The average Bonchev–Trinajstić information content (AvgIpc) is 2.81. The van der Waals surface area contributed by atoms with Gasteiger partial charge >= 0.3 is 0 Å². The average molecular weight is 390 g/mol. The predicted molar refractivity (Wildman–Crippen MR) is 132 cm³/mol. The Kier molecular flexibility index (Phi) is 6.10. The monoisotopic (exact) mass is 389 g/mol. The van der Waals surface area contributed by atoms with Gasteiger partial charge in [-0.25, -0.2) is 0 Å². The first-order chi connectivity index (χ1) is 14.8. The smallest absolute Gasteiger partial charge is 0.0540 e. The van der Waals surface area contributed by atoms with Gasteiger partial charge < -0.3 is 4.90 Å². The first-order valence-corrected chi connectivity index (χ1v) is 10.6. The van der Waals surface area contributed by atoms with Gasteiger partial charge in [0.15, 0.2) is 0 Å². The molecule has 0 aliphatic rings. The van der Waals surface area contributed by atoms with E-state index in [1.807, 2.05) is 0 Å². The van der Waals surface area contributed by atoms with E-state index in [-0.39, 0.29) is 0 Å². The van der Waals surface area contributed by atoms with Crippen LogP contribution in [0.5, 0.6) is 0 Å². The van der Waals surface area contributed by atoms with E-state index in [1.165, 1.54) is 27.6 Å². The molecule has 0 saturated heterocycles. The third kappa shape index (κ3) is 4.06. The van der Waals surface area contributed by atoms with Gasteiger partial charge in [0.05, 0.1) is 5.69 Å². The topological polar surface area (TPSA) is 3.24 Å². The van der Waals surface area contributed by atoms with E-state index >= 15 is 0 Å². The second kappa shape index (κ2) is 9.28. The van der Waals surface area contributed by atoms with E-state index in [9.17, 15) is 0 Å². The largest absolute Gasteiger partial charge is 0.310 e. The molecule has 0 bridgehead atoms. The summed E-state index contributed by atoms with van der Waals surface area (Å²) in [4.78, 5) is 2.34. The van der Waals surface area contributed by atoms with Crippen LogP contribution in [0.2, 0.25) is 0 Å². The number of para-hydroxylation sites is 1. The zero-order valence-electron chi connectivity index (χ0n) is 17.6. The van der Waals surface area contributed by atoms with Crippen molar-refractivity contribution in [1.29, 1.82) is 0 Å². The minimum atomic E-state index is 1.02. The van der Waals surface area contributed by atoms with Crippen LogP contribution in [0, 0.1) is 0 Å². The highest BCUT2D eigenvalue weighted by Gasteiger charge is 2.14. The quantitative estimate of drug-likeness (QED) is 0.298. The van der Waals surface area contributed by atoms with Crippen LogP contribution in [0.3, 0.4) is 0 Å². The van der Waals surface area contributed by atoms with Gasteiger partial charge in [-0.05, 0) is 60.2 Å². The van der Waals surface area contributed by atoms with E-state index in [4.69, 9.17) is 0 Å². The molecule has 0 radical (unpaired) electrons. The number of rotatable bonds is 6. The first-order valence-electron chi connectivity index (χ1n) is 10.6. The van der Waals surface area contributed by atoms with Gasteiger partial charge in [-0.1, -0.05) is 91.9 Å². The maximum absolute atomic E-state index is 2.34. The molecule has 0 amide bonds. The lowest BCUT2D eigenvalue weighted by Crippen LogP contribution is -2.10. The number of allylic oxidation sites excluding steroid dienone is 4. The maximum atomic E-state index is 2.34. The number of hydrogen-bond acceptors (Lipinski definition) is 1. The van der Waals surface area contributed by atoms with E-state index in [2.05, 4.69) is 134 Å². The minimum Gasteiger partial charge on any atom is -0.310 e. The maximum Gasteiger partial charge on any atom is 0.0540 e. The van der Waals surface area contributed by atoms with Gasteiger partial charge in [-0.15, -0.1) is 0 Å². The summed E-state index contributed by atoms with van der Waals surface area (Å²) in [5.41, 5.74) is 5.99. The van der Waals surface area contributed by atoms with Crippen LogP contribution in [0.25, 0.3) is 16.3 Å². The van der Waals surface area contributed by atoms with Crippen molar-refractivity contribution in [3.63, 3.8) is 0 Å². The molecule has 4 rings (SSSR count). The molecular weight excluding hydrogens is 362 g/mol. The normalized spacial score (nSPS) is 11.9. The van der Waals surface area contributed by atoms with Gasteiger partial charge in [-0.2, -0.15) is 0 Å². The first kappa shape index (κ1) is 19.7. The van der Waals surface area contributed by atoms with Crippen molar-refractivity contribution < 1.29 is 0 Å². The van der Waals surface area contributed by atoms with Crippen LogP contribution in [-0.4, -0.2) is 0 Å². The zero-order valence-corrected chi connectivity index (χ0v) is 17.6. The van der Waals surface area contributed by atoms with Gasteiger partial charge in [-0.3, -0.25) is 0 Å². The highest BCUT2D eigenvalue weighted by Crippen LogP contribution is 2.38. The molecule has 1 heteroatoms. The molecule has 1 nitrogen and oxygen atoms in total. The van der Waals surface area contributed by atoms with Crippen molar-refractivity contribution in [1.82, 2.24) is 0 Å². The lowest BCUT2D eigenvalue weighted by Gasteiger charge is -2.27. The molecule has 30 heavy (non-hydrogen) atoms. The second-order valence-electron chi connectivity index (χ2n) is 7.28. The summed E-state index contributed by atoms with van der Waals surface area (Å²) >= 11 is 0. The summed E-state index contributed by atoms with van der Waals surface area (Å²) in [6.45, 7) is 4.24. The Bertz CT molecular complexity index is 1160. The minimum absolute atomic E-state index is 1.02. The Balaban J connectivity index is 1.85. The van der Waals surface area contributed by atoms with Crippen molar-refractivity contribution in [3.05, 3.63) is 121 Å². The van der Waals surface area contributed by atoms with Gasteiger partial charge in [0.2, 0.25) is 0 Å². The van der Waals surface area contributed by atoms with Crippen molar-refractivity contribution in [3.8, 4) is 0 Å². The third-order valence-electron chi connectivity index (χ3n) is 5.25. The summed E-state index contributed by atoms with van der Waals surface area (Å²) in [5.74, 6) is 0. The molecule has 4 aromatic rings. The Labute approximate surface area is 179 Å². The second-order valence-corrected chi connectivity index (χ2v) is 7.28. The molecule has 0 aliphatic carbocycles. The molecule has 0 atom stereocenters. The number of anilines is 3. The number of fused-ring (bicyclic) bond motifs is 1. The molecule has 148 valence electrons.